The van der Waals surface area contributed by atoms with Crippen LogP contribution in [0.4, 0.5) is 0 Å². The molecule has 0 aromatic heterocycles. The monoisotopic (exact) mass is 194 g/mol. The van der Waals surface area contributed by atoms with Crippen molar-refractivity contribution in [2.45, 2.75) is 25.4 Å². The van der Waals surface area contributed by atoms with Gasteiger partial charge in [-0.15, -0.1) is 0 Å². The van der Waals surface area contributed by atoms with Crippen molar-refractivity contribution in [2.75, 3.05) is 0 Å². The van der Waals surface area contributed by atoms with Crippen molar-refractivity contribution in [2.24, 2.45) is 0 Å². The summed E-state index contributed by atoms with van der Waals surface area (Å²) >= 11 is 0. The van der Waals surface area contributed by atoms with Gasteiger partial charge in [-0.25, -0.2) is 0 Å². The zero-order valence-corrected chi connectivity index (χ0v) is 7.89. The number of aliphatic hydroxyl groups excluding tert-OH is 1. The highest BCUT2D eigenvalue weighted by atomic mass is 16.4. The third kappa shape index (κ3) is 3.58. The lowest BCUT2D eigenvalue weighted by molar-refractivity contribution is -0.137. The van der Waals surface area contributed by atoms with Crippen molar-refractivity contribution in [1.82, 2.24) is 0 Å². The van der Waals surface area contributed by atoms with Crippen LogP contribution in [-0.2, 0) is 4.79 Å². The quantitative estimate of drug-likeness (QED) is 0.753. The summed E-state index contributed by atoms with van der Waals surface area (Å²) in [6, 6.07) is 9.27. The van der Waals surface area contributed by atoms with Gasteiger partial charge in [0, 0.05) is 6.42 Å². The van der Waals surface area contributed by atoms with Gasteiger partial charge in [-0.1, -0.05) is 30.3 Å². The van der Waals surface area contributed by atoms with E-state index in [1.807, 2.05) is 30.3 Å². The molecule has 3 nitrogen and oxygen atoms in total. The highest BCUT2D eigenvalue weighted by molar-refractivity contribution is 5.66. The molecule has 3 heteroatoms. The van der Waals surface area contributed by atoms with Crippen molar-refractivity contribution in [3.8, 4) is 0 Å². The van der Waals surface area contributed by atoms with Crippen LogP contribution in [0.25, 0.3) is 0 Å². The van der Waals surface area contributed by atoms with E-state index in [1.54, 1.807) is 0 Å². The molecule has 1 unspecified atom stereocenters. The maximum absolute atomic E-state index is 10.2. The molecule has 0 bridgehead atoms. The van der Waals surface area contributed by atoms with Gasteiger partial charge in [-0.3, -0.25) is 4.79 Å². The molecule has 14 heavy (non-hydrogen) atoms. The summed E-state index contributed by atoms with van der Waals surface area (Å²) < 4.78 is 0. The first-order valence-electron chi connectivity index (χ1n) is 4.65. The van der Waals surface area contributed by atoms with Crippen molar-refractivity contribution < 1.29 is 15.0 Å². The predicted molar refractivity (Wildman–Crippen MR) is 52.9 cm³/mol. The van der Waals surface area contributed by atoms with E-state index in [1.165, 1.54) is 0 Å². The van der Waals surface area contributed by atoms with Crippen molar-refractivity contribution in [3.05, 3.63) is 35.9 Å². The Bertz CT molecular complexity index is 282. The first-order chi connectivity index (χ1) is 6.70. The smallest absolute Gasteiger partial charge is 0.303 e. The Morgan fingerprint density at radius 1 is 1.29 bits per heavy atom. The summed E-state index contributed by atoms with van der Waals surface area (Å²) in [6.07, 6.45) is 0.571. The third-order valence-corrected chi connectivity index (χ3v) is 2.05. The van der Waals surface area contributed by atoms with Crippen LogP contribution < -0.4 is 0 Å². The van der Waals surface area contributed by atoms with E-state index in [0.717, 1.165) is 5.56 Å². The maximum Gasteiger partial charge on any atom is 0.303 e. The molecule has 1 rings (SSSR count). The first kappa shape index (κ1) is 10.7. The lowest BCUT2D eigenvalue weighted by Gasteiger charge is -2.09. The molecule has 0 saturated carbocycles. The zero-order valence-electron chi connectivity index (χ0n) is 7.89. The summed E-state index contributed by atoms with van der Waals surface area (Å²) in [4.78, 5) is 10.2. The second kappa shape index (κ2) is 5.40. The second-order valence-electron chi connectivity index (χ2n) is 3.21. The summed E-state index contributed by atoms with van der Waals surface area (Å²) in [5, 5.41) is 18.1. The molecular formula is C11H14O3. The Balaban J connectivity index is 2.36. The topological polar surface area (TPSA) is 57.5 Å². The van der Waals surface area contributed by atoms with Crippen molar-refractivity contribution in [1.29, 1.82) is 0 Å². The molecule has 76 valence electrons. The summed E-state index contributed by atoms with van der Waals surface area (Å²) in [5.74, 6) is -0.815. The summed E-state index contributed by atoms with van der Waals surface area (Å²) in [6.45, 7) is 0. The van der Waals surface area contributed by atoms with Crippen LogP contribution >= 0.6 is 0 Å². The van der Waals surface area contributed by atoms with Gasteiger partial charge >= 0.3 is 5.97 Å². The van der Waals surface area contributed by atoms with Crippen LogP contribution in [0.1, 0.15) is 30.9 Å². The minimum atomic E-state index is -0.815. The average molecular weight is 194 g/mol. The van der Waals surface area contributed by atoms with Crippen LogP contribution in [0.5, 0.6) is 0 Å². The van der Waals surface area contributed by atoms with Gasteiger partial charge in [-0.2, -0.15) is 0 Å². The molecular weight excluding hydrogens is 180 g/mol. The number of carboxylic acids is 1. The molecule has 1 aromatic rings. The van der Waals surface area contributed by atoms with E-state index < -0.39 is 12.1 Å². The standard InChI is InChI=1S/C11H14O3/c12-10(7-4-8-11(13)14)9-5-2-1-3-6-9/h1-3,5-6,10,12H,4,7-8H2,(H,13,14). The molecule has 1 atom stereocenters. The number of aliphatic hydroxyl groups is 1. The van der Waals surface area contributed by atoms with Gasteiger partial charge in [0.1, 0.15) is 0 Å². The fourth-order valence-corrected chi connectivity index (χ4v) is 1.29. The summed E-state index contributed by atoms with van der Waals surface area (Å²) in [7, 11) is 0. The fourth-order valence-electron chi connectivity index (χ4n) is 1.29. The number of hydrogen-bond acceptors (Lipinski definition) is 2. The van der Waals surface area contributed by atoms with Crippen LogP contribution in [0.3, 0.4) is 0 Å². The molecule has 0 saturated heterocycles. The van der Waals surface area contributed by atoms with E-state index >= 15 is 0 Å². The van der Waals surface area contributed by atoms with Crippen LogP contribution in [0.2, 0.25) is 0 Å². The predicted octanol–water partition coefficient (Wildman–Crippen LogP) is 1.97. The summed E-state index contributed by atoms with van der Waals surface area (Å²) in [5.41, 5.74) is 0.845. The largest absolute Gasteiger partial charge is 0.481 e. The molecule has 0 heterocycles. The van der Waals surface area contributed by atoms with E-state index in [2.05, 4.69) is 0 Å². The van der Waals surface area contributed by atoms with E-state index in [-0.39, 0.29) is 6.42 Å². The zero-order chi connectivity index (χ0) is 10.4. The van der Waals surface area contributed by atoms with Crippen LogP contribution in [-0.4, -0.2) is 16.2 Å². The van der Waals surface area contributed by atoms with Crippen LogP contribution in [0.15, 0.2) is 30.3 Å². The Morgan fingerprint density at radius 3 is 2.50 bits per heavy atom. The minimum Gasteiger partial charge on any atom is -0.481 e. The minimum absolute atomic E-state index is 0.115. The Labute approximate surface area is 83.0 Å². The molecule has 0 spiro atoms. The SMILES string of the molecule is O=C(O)CCCC(O)c1ccccc1. The maximum atomic E-state index is 10.2. The normalized spacial score (nSPS) is 12.4. The second-order valence-corrected chi connectivity index (χ2v) is 3.21. The van der Waals surface area contributed by atoms with Crippen molar-refractivity contribution >= 4 is 5.97 Å². The number of rotatable bonds is 5. The van der Waals surface area contributed by atoms with Gasteiger partial charge in [0.15, 0.2) is 0 Å². The number of hydrogen-bond donors (Lipinski definition) is 2. The van der Waals surface area contributed by atoms with Gasteiger partial charge in [0.2, 0.25) is 0 Å². The van der Waals surface area contributed by atoms with Gasteiger partial charge in [0.05, 0.1) is 6.10 Å². The molecule has 0 aliphatic heterocycles. The molecule has 0 aliphatic carbocycles. The lowest BCUT2D eigenvalue weighted by Crippen LogP contribution is -2.00. The Hall–Kier alpha value is -1.35. The van der Waals surface area contributed by atoms with Gasteiger partial charge in [0.25, 0.3) is 0 Å². The van der Waals surface area contributed by atoms with E-state index in [4.69, 9.17) is 5.11 Å². The number of carbonyl (C=O) groups is 1. The molecule has 0 aliphatic rings. The highest BCUT2D eigenvalue weighted by Crippen LogP contribution is 2.18. The molecule has 0 amide bonds. The van der Waals surface area contributed by atoms with E-state index in [9.17, 15) is 9.90 Å². The Kier molecular flexibility index (Phi) is 4.13. The van der Waals surface area contributed by atoms with Gasteiger partial charge in [-0.05, 0) is 18.4 Å². The molecule has 2 N–H and O–H groups in total. The highest BCUT2D eigenvalue weighted by Gasteiger charge is 2.07. The lowest BCUT2D eigenvalue weighted by atomic mass is 10.0. The fraction of sp³-hybridized carbons (Fsp3) is 0.364. The van der Waals surface area contributed by atoms with Crippen molar-refractivity contribution in [3.63, 3.8) is 0 Å². The van der Waals surface area contributed by atoms with Crippen LogP contribution in [0, 0.1) is 0 Å². The first-order valence-corrected chi connectivity index (χ1v) is 4.65. The van der Waals surface area contributed by atoms with E-state index in [0.29, 0.717) is 12.8 Å². The molecule has 0 radical (unpaired) electrons. The number of aliphatic carboxylic acids is 1. The number of benzene rings is 1. The molecule has 0 fully saturated rings. The number of carboxylic acid groups (broad SMARTS) is 1. The average Bonchev–Trinajstić information content (AvgIpc) is 2.18. The molecule has 1 aromatic carbocycles. The third-order valence-electron chi connectivity index (χ3n) is 2.05. The van der Waals surface area contributed by atoms with Gasteiger partial charge < -0.3 is 10.2 Å². The Morgan fingerprint density at radius 2 is 1.93 bits per heavy atom.